The zero-order valence-corrected chi connectivity index (χ0v) is 14.2. The Hall–Kier alpha value is -0.757. The molecule has 0 unspecified atom stereocenters. The van der Waals surface area contributed by atoms with Crippen molar-refractivity contribution in [2.45, 2.75) is 0 Å². The average Bonchev–Trinajstić information content (AvgIpc) is 2.12. The summed E-state index contributed by atoms with van der Waals surface area (Å²) in [5.41, 5.74) is 0. The molecule has 0 atom stereocenters. The summed E-state index contributed by atoms with van der Waals surface area (Å²) >= 11 is 0. The van der Waals surface area contributed by atoms with Crippen LogP contribution < -0.4 is 10.2 Å². The molecule has 0 heterocycles. The van der Waals surface area contributed by atoms with Crippen molar-refractivity contribution in [1.82, 2.24) is 0 Å². The van der Waals surface area contributed by atoms with Gasteiger partial charge in [0.2, 0.25) is 0 Å². The van der Waals surface area contributed by atoms with E-state index in [2.05, 4.69) is 0 Å². The van der Waals surface area contributed by atoms with Crippen molar-refractivity contribution in [2.24, 2.45) is 0 Å². The number of carbonyl (C=O) groups is 4. The normalized spacial score (nSPS) is 8.44. The van der Waals surface area contributed by atoms with Crippen molar-refractivity contribution in [3.05, 3.63) is 24.3 Å². The van der Waals surface area contributed by atoms with Gasteiger partial charge in [0.05, 0.1) is 11.9 Å². The smallest absolute Gasteiger partial charge is 0.545 e. The van der Waals surface area contributed by atoms with Gasteiger partial charge in [0, 0.05) is 31.6 Å². The molecule has 0 saturated heterocycles. The molecule has 8 nitrogen and oxygen atoms in total. The molecule has 0 aliphatic carbocycles. The molecule has 0 aliphatic rings. The minimum atomic E-state index is -1.55. The van der Waals surface area contributed by atoms with Crippen LogP contribution >= 0.6 is 0 Å². The van der Waals surface area contributed by atoms with E-state index in [4.69, 9.17) is 10.2 Å². The first-order chi connectivity index (χ1) is 7.25. The summed E-state index contributed by atoms with van der Waals surface area (Å²) in [5, 5.41) is 34.5. The van der Waals surface area contributed by atoms with Gasteiger partial charge in [-0.3, -0.25) is 0 Å². The zero-order valence-electron chi connectivity index (χ0n) is 9.07. The number of aliphatic carboxylic acids is 4. The van der Waals surface area contributed by atoms with Crippen LogP contribution in [0.25, 0.3) is 0 Å². The van der Waals surface area contributed by atoms with Crippen molar-refractivity contribution in [3.8, 4) is 0 Å². The maximum absolute atomic E-state index is 9.55. The molecule has 0 spiro atoms. The minimum absolute atomic E-state index is 0. The second-order valence-corrected chi connectivity index (χ2v) is 1.98. The van der Waals surface area contributed by atoms with E-state index in [1.54, 1.807) is 0 Å². The number of hydrogen-bond donors (Lipinski definition) is 2. The van der Waals surface area contributed by atoms with Crippen LogP contribution in [0.4, 0.5) is 0 Å². The van der Waals surface area contributed by atoms with Gasteiger partial charge >= 0.3 is 49.7 Å². The Morgan fingerprint density at radius 2 is 0.944 bits per heavy atom. The Bertz CT molecular complexity index is 283. The van der Waals surface area contributed by atoms with Crippen LogP contribution in [-0.4, -0.2) is 71.8 Å². The van der Waals surface area contributed by atoms with Crippen molar-refractivity contribution in [1.29, 1.82) is 0 Å². The summed E-state index contributed by atoms with van der Waals surface area (Å²) in [6.45, 7) is 0. The first kappa shape index (κ1) is 25.9. The van der Waals surface area contributed by atoms with Gasteiger partial charge in [-0.1, -0.05) is 0 Å². The van der Waals surface area contributed by atoms with E-state index in [9.17, 15) is 29.4 Å². The standard InChI is InChI=1S/2C4H4O4.Ca.Zn/c2*5-3(6)1-2-4(7)8;;/h2*1-2H,(H,5,6)(H,7,8);;/q;;+2;/p-2/b2*2-1-;;. The Balaban J connectivity index is -0.0000000980. The topological polar surface area (TPSA) is 155 Å². The SMILES string of the molecule is O=C(O)/C=C\C(=O)O.O=C([O-])/C=C\C(=O)[O-].[Ca+2].[Zn]. The van der Waals surface area contributed by atoms with Gasteiger partial charge in [-0.05, 0) is 12.2 Å². The second-order valence-electron chi connectivity index (χ2n) is 1.98. The molecule has 0 aliphatic heterocycles. The van der Waals surface area contributed by atoms with Crippen molar-refractivity contribution >= 4 is 61.6 Å². The Kier molecular flexibility index (Phi) is 23.4. The summed E-state index contributed by atoms with van der Waals surface area (Å²) < 4.78 is 0. The maximum atomic E-state index is 9.55. The molecule has 0 radical (unpaired) electrons. The van der Waals surface area contributed by atoms with Crippen molar-refractivity contribution in [3.63, 3.8) is 0 Å². The molecule has 0 fully saturated rings. The van der Waals surface area contributed by atoms with E-state index in [1.165, 1.54) is 0 Å². The van der Waals surface area contributed by atoms with E-state index in [-0.39, 0.29) is 57.2 Å². The van der Waals surface area contributed by atoms with Crippen LogP contribution in [-0.2, 0) is 38.7 Å². The van der Waals surface area contributed by atoms with Crippen LogP contribution in [0.5, 0.6) is 0 Å². The summed E-state index contributed by atoms with van der Waals surface area (Å²) in [7, 11) is 0. The van der Waals surface area contributed by atoms with E-state index in [0.717, 1.165) is 0 Å². The van der Waals surface area contributed by atoms with Gasteiger partial charge in [-0.15, -0.1) is 0 Å². The summed E-state index contributed by atoms with van der Waals surface area (Å²) in [4.78, 5) is 37.9. The van der Waals surface area contributed by atoms with Crippen LogP contribution in [0.3, 0.4) is 0 Å². The largest absolute Gasteiger partial charge is 2.00 e. The first-order valence-corrected chi connectivity index (χ1v) is 3.49. The molecular formula is C8H6CaO8Zn. The molecule has 10 heteroatoms. The van der Waals surface area contributed by atoms with Gasteiger partial charge in [0.1, 0.15) is 0 Å². The molecule has 0 bridgehead atoms. The summed E-state index contributed by atoms with van der Waals surface area (Å²) in [6.07, 6.45) is 1.88. The van der Waals surface area contributed by atoms with E-state index in [1.807, 2.05) is 0 Å². The van der Waals surface area contributed by atoms with Crippen LogP contribution in [0.1, 0.15) is 0 Å². The summed E-state index contributed by atoms with van der Waals surface area (Å²) in [5.74, 6) is -5.61. The predicted octanol–water partition coefficient (Wildman–Crippen LogP) is -3.63. The Morgan fingerprint density at radius 3 is 1.06 bits per heavy atom. The van der Waals surface area contributed by atoms with Gasteiger partial charge in [0.25, 0.3) is 0 Å². The van der Waals surface area contributed by atoms with Gasteiger partial charge in [-0.25, -0.2) is 9.59 Å². The number of carboxylic acid groups (broad SMARTS) is 4. The fourth-order valence-corrected chi connectivity index (χ4v) is 0.279. The van der Waals surface area contributed by atoms with E-state index in [0.29, 0.717) is 24.3 Å². The molecule has 0 rings (SSSR count). The first-order valence-electron chi connectivity index (χ1n) is 3.49. The van der Waals surface area contributed by atoms with Crippen molar-refractivity contribution < 1.29 is 59.1 Å². The second kappa shape index (κ2) is 16.2. The van der Waals surface area contributed by atoms with Crippen LogP contribution in [0, 0.1) is 0 Å². The number of rotatable bonds is 4. The van der Waals surface area contributed by atoms with E-state index >= 15 is 0 Å². The quantitative estimate of drug-likeness (QED) is 0.394. The molecule has 0 amide bonds. The number of carbonyl (C=O) groups excluding carboxylic acids is 2. The van der Waals surface area contributed by atoms with Crippen LogP contribution in [0.15, 0.2) is 24.3 Å². The maximum Gasteiger partial charge on any atom is 2.00 e. The molecule has 0 aromatic carbocycles. The molecule has 0 saturated carbocycles. The molecular weight excluding hydrogens is 330 g/mol. The van der Waals surface area contributed by atoms with Gasteiger partial charge in [0.15, 0.2) is 0 Å². The monoisotopic (exact) mass is 334 g/mol. The van der Waals surface area contributed by atoms with Crippen LogP contribution in [0.2, 0.25) is 0 Å². The third kappa shape index (κ3) is 36.2. The Morgan fingerprint density at radius 1 is 0.722 bits per heavy atom. The fraction of sp³-hybridized carbons (Fsp3) is 0. The number of hydrogen-bond acceptors (Lipinski definition) is 6. The predicted molar refractivity (Wildman–Crippen MR) is 49.3 cm³/mol. The zero-order chi connectivity index (χ0) is 13.1. The molecule has 2 N–H and O–H groups in total. The Labute approximate surface area is 144 Å². The van der Waals surface area contributed by atoms with Gasteiger partial charge < -0.3 is 30.0 Å². The molecule has 0 aromatic heterocycles. The molecule has 18 heavy (non-hydrogen) atoms. The minimum Gasteiger partial charge on any atom is -0.545 e. The third-order valence-corrected chi connectivity index (χ3v) is 0.724. The fourth-order valence-electron chi connectivity index (χ4n) is 0.279. The van der Waals surface area contributed by atoms with Gasteiger partial charge in [-0.2, -0.15) is 0 Å². The van der Waals surface area contributed by atoms with Crippen molar-refractivity contribution in [2.75, 3.05) is 0 Å². The molecule has 0 aromatic rings. The number of carboxylic acids is 4. The van der Waals surface area contributed by atoms with E-state index < -0.39 is 23.9 Å². The summed E-state index contributed by atoms with van der Waals surface area (Å²) in [6, 6.07) is 0. The third-order valence-electron chi connectivity index (χ3n) is 0.724. The molecule has 90 valence electrons. The average molecular weight is 336 g/mol.